The van der Waals surface area contributed by atoms with Crippen LogP contribution < -0.4 is 5.32 Å². The number of carbonyl (C=O) groups excluding carboxylic acids is 1. The van der Waals surface area contributed by atoms with E-state index in [1.165, 1.54) is 0 Å². The fraction of sp³-hybridized carbons (Fsp3) is 0.786. The number of aromatic nitrogens is 2. The minimum atomic E-state index is -0.00250. The molecule has 1 aliphatic heterocycles. The van der Waals surface area contributed by atoms with Crippen molar-refractivity contribution in [2.24, 2.45) is 0 Å². The van der Waals surface area contributed by atoms with Crippen molar-refractivity contribution < 1.29 is 14.1 Å². The first-order valence-corrected chi connectivity index (χ1v) is 7.29. The van der Waals surface area contributed by atoms with E-state index in [-0.39, 0.29) is 24.0 Å². The molecule has 0 saturated carbocycles. The van der Waals surface area contributed by atoms with Gasteiger partial charge in [-0.1, -0.05) is 19.0 Å². The summed E-state index contributed by atoms with van der Waals surface area (Å²) in [6, 6.07) is 0.0545. The molecule has 0 spiro atoms. The van der Waals surface area contributed by atoms with Crippen molar-refractivity contribution in [3.63, 3.8) is 0 Å². The molecule has 0 radical (unpaired) electrons. The van der Waals surface area contributed by atoms with Crippen molar-refractivity contribution in [3.8, 4) is 0 Å². The maximum absolute atomic E-state index is 11.9. The third kappa shape index (κ3) is 4.03. The normalized spacial score (nSPS) is 20.3. The van der Waals surface area contributed by atoms with E-state index >= 15 is 0 Å². The van der Waals surface area contributed by atoms with Gasteiger partial charge in [-0.2, -0.15) is 4.98 Å². The van der Waals surface area contributed by atoms with Crippen LogP contribution in [0.5, 0.6) is 0 Å². The van der Waals surface area contributed by atoms with Crippen LogP contribution in [0.15, 0.2) is 4.52 Å². The van der Waals surface area contributed by atoms with E-state index in [9.17, 15) is 4.79 Å². The Bertz CT molecular complexity index is 439. The van der Waals surface area contributed by atoms with Crippen molar-refractivity contribution >= 4 is 5.91 Å². The highest BCUT2D eigenvalue weighted by atomic mass is 16.5. The van der Waals surface area contributed by atoms with Crippen molar-refractivity contribution in [1.82, 2.24) is 15.5 Å². The van der Waals surface area contributed by atoms with Gasteiger partial charge >= 0.3 is 0 Å². The van der Waals surface area contributed by atoms with Gasteiger partial charge in [0.2, 0.25) is 11.8 Å². The van der Waals surface area contributed by atoms with Gasteiger partial charge in [-0.3, -0.25) is 4.79 Å². The number of hydrogen-bond donors (Lipinski definition) is 1. The predicted molar refractivity (Wildman–Crippen MR) is 73.3 cm³/mol. The Morgan fingerprint density at radius 2 is 2.25 bits per heavy atom. The van der Waals surface area contributed by atoms with Crippen molar-refractivity contribution in [1.29, 1.82) is 0 Å². The molecule has 0 bridgehead atoms. The number of nitrogens with zero attached hydrogens (tertiary/aromatic N) is 2. The molecule has 2 rings (SSSR count). The highest BCUT2D eigenvalue weighted by Crippen LogP contribution is 2.15. The Hall–Kier alpha value is -1.43. The second-order valence-electron chi connectivity index (χ2n) is 5.61. The molecule has 1 aromatic rings. The lowest BCUT2D eigenvalue weighted by Crippen LogP contribution is -2.40. The fourth-order valence-electron chi connectivity index (χ4n) is 2.24. The molecule has 1 saturated heterocycles. The summed E-state index contributed by atoms with van der Waals surface area (Å²) in [6.45, 7) is 6.79. The third-order valence-electron chi connectivity index (χ3n) is 3.48. The fourth-order valence-corrected chi connectivity index (χ4v) is 2.24. The number of carbonyl (C=O) groups is 1. The van der Waals surface area contributed by atoms with Crippen molar-refractivity contribution in [2.45, 2.75) is 64.5 Å². The van der Waals surface area contributed by atoms with Crippen LogP contribution in [0.3, 0.4) is 0 Å². The molecule has 20 heavy (non-hydrogen) atoms. The van der Waals surface area contributed by atoms with E-state index < -0.39 is 0 Å². The van der Waals surface area contributed by atoms with E-state index in [4.69, 9.17) is 9.26 Å². The summed E-state index contributed by atoms with van der Waals surface area (Å²) >= 11 is 0. The van der Waals surface area contributed by atoms with Gasteiger partial charge in [-0.05, 0) is 19.8 Å². The van der Waals surface area contributed by atoms with Gasteiger partial charge in [0.25, 0.3) is 0 Å². The second kappa shape index (κ2) is 6.83. The van der Waals surface area contributed by atoms with Crippen LogP contribution in [0.25, 0.3) is 0 Å². The minimum Gasteiger partial charge on any atom is -0.376 e. The van der Waals surface area contributed by atoms with Gasteiger partial charge in [0.1, 0.15) is 0 Å². The second-order valence-corrected chi connectivity index (χ2v) is 5.61. The van der Waals surface area contributed by atoms with Crippen LogP contribution in [-0.2, 0) is 16.0 Å². The molecular weight excluding hydrogens is 258 g/mol. The average molecular weight is 281 g/mol. The first-order chi connectivity index (χ1) is 9.56. The largest absolute Gasteiger partial charge is 0.376 e. The number of amides is 1. The molecule has 6 nitrogen and oxygen atoms in total. The lowest BCUT2D eigenvalue weighted by Gasteiger charge is -2.19. The molecule has 1 N–H and O–H groups in total. The smallest absolute Gasteiger partial charge is 0.227 e. The Morgan fingerprint density at radius 1 is 1.45 bits per heavy atom. The van der Waals surface area contributed by atoms with Gasteiger partial charge < -0.3 is 14.6 Å². The summed E-state index contributed by atoms with van der Waals surface area (Å²) in [5.74, 6) is 1.44. The lowest BCUT2D eigenvalue weighted by molar-refractivity contribution is -0.122. The van der Waals surface area contributed by atoms with Gasteiger partial charge in [0.15, 0.2) is 5.82 Å². The summed E-state index contributed by atoms with van der Waals surface area (Å²) in [5.41, 5.74) is 0. The standard InChI is InChI=1S/C14H23N3O3/c1-9(2)14-16-13(20-17-14)7-6-12(18)15-10(3)11-5-4-8-19-11/h9-11H,4-8H2,1-3H3,(H,15,18)/t10-,11-/m1/s1. The first kappa shape index (κ1) is 15.0. The number of nitrogens with one attached hydrogen (secondary N) is 1. The van der Waals surface area contributed by atoms with Gasteiger partial charge in [0, 0.05) is 25.4 Å². The molecule has 6 heteroatoms. The van der Waals surface area contributed by atoms with Crippen LogP contribution in [0.4, 0.5) is 0 Å². The number of hydrogen-bond acceptors (Lipinski definition) is 5. The average Bonchev–Trinajstić information content (AvgIpc) is 3.07. The van der Waals surface area contributed by atoms with Gasteiger partial charge in [-0.25, -0.2) is 0 Å². The van der Waals surface area contributed by atoms with Crippen LogP contribution in [0.1, 0.15) is 57.7 Å². The maximum Gasteiger partial charge on any atom is 0.227 e. The van der Waals surface area contributed by atoms with Crippen LogP contribution in [0.2, 0.25) is 0 Å². The van der Waals surface area contributed by atoms with E-state index in [0.717, 1.165) is 19.4 Å². The molecule has 112 valence electrons. The first-order valence-electron chi connectivity index (χ1n) is 7.29. The van der Waals surface area contributed by atoms with Crippen LogP contribution in [0, 0.1) is 0 Å². The Kier molecular flexibility index (Phi) is 5.11. The SMILES string of the molecule is CC(C)c1noc(CCC(=O)N[C@H](C)[C@H]2CCCO2)n1. The van der Waals surface area contributed by atoms with Crippen molar-refractivity contribution in [2.75, 3.05) is 6.61 Å². The molecule has 1 amide bonds. The number of aryl methyl sites for hydroxylation is 1. The van der Waals surface area contributed by atoms with E-state index in [1.54, 1.807) is 0 Å². The zero-order valence-corrected chi connectivity index (χ0v) is 12.4. The molecule has 1 aromatic heterocycles. The monoisotopic (exact) mass is 281 g/mol. The van der Waals surface area contributed by atoms with Gasteiger partial charge in [-0.15, -0.1) is 0 Å². The molecule has 1 aliphatic rings. The maximum atomic E-state index is 11.9. The lowest BCUT2D eigenvalue weighted by atomic mass is 10.1. The summed E-state index contributed by atoms with van der Waals surface area (Å²) in [7, 11) is 0. The topological polar surface area (TPSA) is 77.2 Å². The van der Waals surface area contributed by atoms with Crippen molar-refractivity contribution in [3.05, 3.63) is 11.7 Å². The van der Waals surface area contributed by atoms with Crippen LogP contribution in [-0.4, -0.2) is 34.8 Å². The molecular formula is C14H23N3O3. The molecule has 2 atom stereocenters. The van der Waals surface area contributed by atoms with E-state index in [2.05, 4.69) is 15.5 Å². The third-order valence-corrected chi connectivity index (χ3v) is 3.48. The highest BCUT2D eigenvalue weighted by Gasteiger charge is 2.23. The molecule has 0 aromatic carbocycles. The highest BCUT2D eigenvalue weighted by molar-refractivity contribution is 5.76. The van der Waals surface area contributed by atoms with Gasteiger partial charge in [0.05, 0.1) is 12.1 Å². The summed E-state index contributed by atoms with van der Waals surface area (Å²) in [6.07, 6.45) is 3.07. The zero-order chi connectivity index (χ0) is 14.5. The summed E-state index contributed by atoms with van der Waals surface area (Å²) in [5, 5.41) is 6.85. The van der Waals surface area contributed by atoms with E-state index in [1.807, 2.05) is 20.8 Å². The minimum absolute atomic E-state index is 0.00250. The molecule has 1 fully saturated rings. The predicted octanol–water partition coefficient (Wildman–Crippen LogP) is 1.81. The number of ether oxygens (including phenoxy) is 1. The van der Waals surface area contributed by atoms with E-state index in [0.29, 0.717) is 24.6 Å². The molecule has 2 heterocycles. The quantitative estimate of drug-likeness (QED) is 0.860. The Morgan fingerprint density at radius 3 is 2.85 bits per heavy atom. The molecule has 0 aliphatic carbocycles. The summed E-state index contributed by atoms with van der Waals surface area (Å²) in [4.78, 5) is 16.1. The number of rotatable bonds is 6. The Labute approximate surface area is 119 Å². The zero-order valence-electron chi connectivity index (χ0n) is 12.4. The summed E-state index contributed by atoms with van der Waals surface area (Å²) < 4.78 is 10.7. The Balaban J connectivity index is 1.73. The van der Waals surface area contributed by atoms with Crippen LogP contribution >= 0.6 is 0 Å². The molecule has 0 unspecified atom stereocenters.